The third-order valence-corrected chi connectivity index (χ3v) is 1.68. The first-order valence-electron chi connectivity index (χ1n) is 3.27. The molecule has 52 valence electrons. The monoisotopic (exact) mass is 135 g/mol. The number of fused-ring (bicyclic) bond motifs is 1. The second-order valence-electron chi connectivity index (χ2n) is 2.42. The number of hydrogen-bond donors (Lipinski definition) is 0. The maximum absolute atomic E-state index is 4.02. The van der Waals surface area contributed by atoms with Crippen molar-refractivity contribution in [3.05, 3.63) is 18.6 Å². The molecule has 0 aliphatic carbocycles. The van der Waals surface area contributed by atoms with Crippen LogP contribution in [0.1, 0.15) is 0 Å². The summed E-state index contributed by atoms with van der Waals surface area (Å²) in [6.45, 7) is 0.978. The van der Waals surface area contributed by atoms with Gasteiger partial charge in [-0.3, -0.25) is 4.57 Å². The largest absolute Gasteiger partial charge is 0.356 e. The Morgan fingerprint density at radius 2 is 2.50 bits per heavy atom. The van der Waals surface area contributed by atoms with Gasteiger partial charge >= 0.3 is 0 Å². The van der Waals surface area contributed by atoms with E-state index < -0.39 is 0 Å². The molecule has 0 amide bonds. The summed E-state index contributed by atoms with van der Waals surface area (Å²) in [6, 6.07) is 0. The fourth-order valence-electron chi connectivity index (χ4n) is 1.12. The van der Waals surface area contributed by atoms with Gasteiger partial charge in [0.15, 0.2) is 0 Å². The summed E-state index contributed by atoms with van der Waals surface area (Å²) in [5.41, 5.74) is 0. The molecule has 2 rings (SSSR count). The van der Waals surface area contributed by atoms with Gasteiger partial charge in [0.1, 0.15) is 12.1 Å². The number of anilines is 1. The molecule has 1 aliphatic rings. The van der Waals surface area contributed by atoms with E-state index in [2.05, 4.69) is 23.0 Å². The highest BCUT2D eigenvalue weighted by molar-refractivity contribution is 5.49. The summed E-state index contributed by atoms with van der Waals surface area (Å²) in [6.07, 6.45) is 7.81. The van der Waals surface area contributed by atoms with Gasteiger partial charge in [0, 0.05) is 19.8 Å². The van der Waals surface area contributed by atoms with E-state index in [0.717, 1.165) is 12.4 Å². The van der Waals surface area contributed by atoms with Gasteiger partial charge in [0.25, 0.3) is 0 Å². The Labute approximate surface area is 59.6 Å². The molecule has 1 aliphatic heterocycles. The second-order valence-corrected chi connectivity index (χ2v) is 2.42. The Kier molecular flexibility index (Phi) is 1.03. The molecule has 0 saturated heterocycles. The van der Waals surface area contributed by atoms with Gasteiger partial charge in [-0.15, -0.1) is 0 Å². The van der Waals surface area contributed by atoms with Crippen molar-refractivity contribution in [2.45, 2.75) is 0 Å². The van der Waals surface area contributed by atoms with E-state index in [1.807, 2.05) is 23.3 Å². The van der Waals surface area contributed by atoms with Gasteiger partial charge in [-0.25, -0.2) is 4.98 Å². The molecule has 0 atom stereocenters. The van der Waals surface area contributed by atoms with Crippen LogP contribution in [0.5, 0.6) is 0 Å². The summed E-state index contributed by atoms with van der Waals surface area (Å²) >= 11 is 0. The molecule has 0 fully saturated rings. The second kappa shape index (κ2) is 1.87. The smallest absolute Gasteiger partial charge is 0.132 e. The van der Waals surface area contributed by atoms with Crippen LogP contribution in [-0.2, 0) is 0 Å². The van der Waals surface area contributed by atoms with Crippen molar-refractivity contribution < 1.29 is 0 Å². The first-order chi connectivity index (χ1) is 4.88. The highest BCUT2D eigenvalue weighted by atomic mass is 15.2. The van der Waals surface area contributed by atoms with E-state index >= 15 is 0 Å². The van der Waals surface area contributed by atoms with Crippen molar-refractivity contribution in [3.8, 4) is 0 Å². The lowest BCUT2D eigenvalue weighted by Crippen LogP contribution is -2.21. The lowest BCUT2D eigenvalue weighted by atomic mass is 10.4. The average Bonchev–Trinajstić information content (AvgIpc) is 2.36. The first kappa shape index (κ1) is 5.53. The zero-order chi connectivity index (χ0) is 6.97. The quantitative estimate of drug-likeness (QED) is 0.524. The van der Waals surface area contributed by atoms with Crippen molar-refractivity contribution in [1.29, 1.82) is 0 Å². The van der Waals surface area contributed by atoms with E-state index in [0.29, 0.717) is 0 Å². The standard InChI is InChI=1S/C7H9N3/c1-9-3-2-4-10-6-8-5-7(9)10/h2,4-6H,3H2,1H3. The number of aromatic nitrogens is 2. The Balaban J connectivity index is 2.52. The molecular weight excluding hydrogens is 126 g/mol. The molecule has 10 heavy (non-hydrogen) atoms. The summed E-state index contributed by atoms with van der Waals surface area (Å²) in [7, 11) is 2.05. The van der Waals surface area contributed by atoms with Crippen LogP contribution in [0.15, 0.2) is 18.6 Å². The van der Waals surface area contributed by atoms with Crippen molar-refractivity contribution in [3.63, 3.8) is 0 Å². The number of hydrogen-bond acceptors (Lipinski definition) is 2. The first-order valence-corrected chi connectivity index (χ1v) is 3.27. The molecule has 0 spiro atoms. The number of rotatable bonds is 0. The molecule has 2 heterocycles. The van der Waals surface area contributed by atoms with Gasteiger partial charge < -0.3 is 4.90 Å². The Morgan fingerprint density at radius 3 is 3.30 bits per heavy atom. The summed E-state index contributed by atoms with van der Waals surface area (Å²) in [5, 5.41) is 0. The van der Waals surface area contributed by atoms with Crippen molar-refractivity contribution in [1.82, 2.24) is 9.55 Å². The van der Waals surface area contributed by atoms with E-state index in [-0.39, 0.29) is 0 Å². The van der Waals surface area contributed by atoms with Crippen LogP contribution < -0.4 is 4.90 Å². The molecule has 0 N–H and O–H groups in total. The van der Waals surface area contributed by atoms with Crippen LogP contribution in [0, 0.1) is 0 Å². The zero-order valence-electron chi connectivity index (χ0n) is 5.86. The predicted molar refractivity (Wildman–Crippen MR) is 40.8 cm³/mol. The highest BCUT2D eigenvalue weighted by Crippen LogP contribution is 2.15. The Hall–Kier alpha value is -1.25. The number of nitrogens with zero attached hydrogens (tertiary/aromatic N) is 3. The lowest BCUT2D eigenvalue weighted by molar-refractivity contribution is 0.933. The molecule has 0 unspecified atom stereocenters. The third-order valence-electron chi connectivity index (χ3n) is 1.68. The lowest BCUT2D eigenvalue weighted by Gasteiger charge is -2.20. The average molecular weight is 135 g/mol. The molecule has 1 aromatic heterocycles. The van der Waals surface area contributed by atoms with Crippen LogP contribution in [0.3, 0.4) is 0 Å². The topological polar surface area (TPSA) is 21.1 Å². The molecule has 3 nitrogen and oxygen atoms in total. The van der Waals surface area contributed by atoms with E-state index in [9.17, 15) is 0 Å². The normalized spacial score (nSPS) is 15.5. The summed E-state index contributed by atoms with van der Waals surface area (Å²) in [4.78, 5) is 6.17. The van der Waals surface area contributed by atoms with Gasteiger partial charge in [-0.2, -0.15) is 0 Å². The Morgan fingerprint density at radius 1 is 1.60 bits per heavy atom. The van der Waals surface area contributed by atoms with Gasteiger partial charge in [0.05, 0.1) is 6.20 Å². The molecular formula is C7H9N3. The van der Waals surface area contributed by atoms with Crippen molar-refractivity contribution in [2.24, 2.45) is 0 Å². The third kappa shape index (κ3) is 0.635. The minimum absolute atomic E-state index is 0.978. The van der Waals surface area contributed by atoms with E-state index in [1.54, 1.807) is 0 Å². The number of likely N-dealkylation sites (N-methyl/N-ethyl adjacent to an activating group) is 1. The maximum atomic E-state index is 4.02. The molecule has 0 aromatic carbocycles. The van der Waals surface area contributed by atoms with Crippen LogP contribution >= 0.6 is 0 Å². The van der Waals surface area contributed by atoms with Gasteiger partial charge in [-0.1, -0.05) is 0 Å². The summed E-state index contributed by atoms with van der Waals surface area (Å²) < 4.78 is 2.00. The van der Waals surface area contributed by atoms with Crippen molar-refractivity contribution >= 4 is 12.0 Å². The van der Waals surface area contributed by atoms with E-state index in [1.165, 1.54) is 0 Å². The fourth-order valence-corrected chi connectivity index (χ4v) is 1.12. The van der Waals surface area contributed by atoms with Crippen LogP contribution in [0.25, 0.3) is 6.20 Å². The highest BCUT2D eigenvalue weighted by Gasteiger charge is 2.06. The minimum atomic E-state index is 0.978. The molecule has 0 bridgehead atoms. The van der Waals surface area contributed by atoms with Crippen LogP contribution in [-0.4, -0.2) is 23.1 Å². The molecule has 1 aromatic rings. The van der Waals surface area contributed by atoms with Gasteiger partial charge in [0.2, 0.25) is 0 Å². The fraction of sp³-hybridized carbons (Fsp3) is 0.286. The molecule has 0 saturated carbocycles. The van der Waals surface area contributed by atoms with Crippen LogP contribution in [0.2, 0.25) is 0 Å². The minimum Gasteiger partial charge on any atom is -0.356 e. The maximum Gasteiger partial charge on any atom is 0.132 e. The Bertz CT molecular complexity index is 262. The predicted octanol–water partition coefficient (Wildman–Crippen LogP) is 0.804. The molecule has 3 heteroatoms. The summed E-state index contributed by atoms with van der Waals surface area (Å²) in [5.74, 6) is 1.16. The SMILES string of the molecule is CN1CC=Cn2cncc21. The van der Waals surface area contributed by atoms with Crippen molar-refractivity contribution in [2.75, 3.05) is 18.5 Å². The van der Waals surface area contributed by atoms with Crippen LogP contribution in [0.4, 0.5) is 5.82 Å². The number of imidazole rings is 1. The van der Waals surface area contributed by atoms with Gasteiger partial charge in [-0.05, 0) is 6.08 Å². The van der Waals surface area contributed by atoms with E-state index in [4.69, 9.17) is 0 Å². The molecule has 0 radical (unpaired) electrons. The zero-order valence-corrected chi connectivity index (χ0v) is 5.86.